The molecule has 0 amide bonds. The van der Waals surface area contributed by atoms with Gasteiger partial charge in [0.25, 0.3) is 0 Å². The zero-order valence-electron chi connectivity index (χ0n) is 35.7. The zero-order chi connectivity index (χ0) is 44.0. The molecular formula is C62H38N4. The van der Waals surface area contributed by atoms with Gasteiger partial charge >= 0.3 is 0 Å². The van der Waals surface area contributed by atoms with E-state index in [0.717, 1.165) is 55.6 Å². The summed E-state index contributed by atoms with van der Waals surface area (Å²) in [5, 5.41) is 9.69. The van der Waals surface area contributed by atoms with E-state index >= 15 is 0 Å². The van der Waals surface area contributed by atoms with E-state index in [0.29, 0.717) is 23.2 Å². The minimum Gasteiger partial charge on any atom is -0.237 e. The van der Waals surface area contributed by atoms with Gasteiger partial charge in [0.05, 0.1) is 6.57 Å². The lowest BCUT2D eigenvalue weighted by molar-refractivity contribution is 1.07. The fourth-order valence-corrected chi connectivity index (χ4v) is 9.61. The summed E-state index contributed by atoms with van der Waals surface area (Å²) >= 11 is 0. The zero-order valence-corrected chi connectivity index (χ0v) is 35.7. The molecule has 0 aliphatic carbocycles. The van der Waals surface area contributed by atoms with Crippen molar-refractivity contribution in [2.75, 3.05) is 0 Å². The molecule has 306 valence electrons. The van der Waals surface area contributed by atoms with E-state index in [9.17, 15) is 0 Å². The Morgan fingerprint density at radius 3 is 1.29 bits per heavy atom. The number of fused-ring (bicyclic) bond motifs is 6. The maximum atomic E-state index is 8.38. The smallest absolute Gasteiger partial charge is 0.195 e. The van der Waals surface area contributed by atoms with Crippen LogP contribution in [0.1, 0.15) is 0 Å². The lowest BCUT2D eigenvalue weighted by Crippen LogP contribution is -2.02. The molecule has 0 unspecified atom stereocenters. The van der Waals surface area contributed by atoms with Gasteiger partial charge in [-0.25, -0.2) is 19.8 Å². The fraction of sp³-hybridized carbons (Fsp3) is 0. The highest BCUT2D eigenvalue weighted by Crippen LogP contribution is 2.42. The second-order valence-corrected chi connectivity index (χ2v) is 16.6. The molecule has 1 aromatic heterocycles. The van der Waals surface area contributed by atoms with Gasteiger partial charge in [0.2, 0.25) is 0 Å². The molecule has 12 aromatic rings. The number of benzene rings is 11. The van der Waals surface area contributed by atoms with Crippen molar-refractivity contribution in [3.05, 3.63) is 242 Å². The van der Waals surface area contributed by atoms with Gasteiger partial charge in [-0.1, -0.05) is 212 Å². The highest BCUT2D eigenvalue weighted by atomic mass is 15.0. The van der Waals surface area contributed by atoms with E-state index in [-0.39, 0.29) is 0 Å². The molecule has 0 saturated heterocycles. The lowest BCUT2D eigenvalue weighted by atomic mass is 9.91. The van der Waals surface area contributed by atoms with Gasteiger partial charge < -0.3 is 0 Å². The van der Waals surface area contributed by atoms with Crippen LogP contribution < -0.4 is 0 Å². The molecule has 0 atom stereocenters. The maximum Gasteiger partial charge on any atom is 0.195 e. The van der Waals surface area contributed by atoms with E-state index in [1.807, 2.05) is 54.6 Å². The maximum absolute atomic E-state index is 8.38. The summed E-state index contributed by atoms with van der Waals surface area (Å²) in [4.78, 5) is 19.8. The highest BCUT2D eigenvalue weighted by Gasteiger charge is 2.20. The molecule has 1 heterocycles. The average molecular weight is 839 g/mol. The van der Waals surface area contributed by atoms with Crippen molar-refractivity contribution in [2.24, 2.45) is 0 Å². The third kappa shape index (κ3) is 6.75. The summed E-state index contributed by atoms with van der Waals surface area (Å²) in [6.45, 7) is 8.38. The first kappa shape index (κ1) is 38.6. The van der Waals surface area contributed by atoms with Crippen molar-refractivity contribution in [3.8, 4) is 78.7 Å². The second-order valence-electron chi connectivity index (χ2n) is 16.6. The number of hydrogen-bond acceptors (Lipinski definition) is 3. The van der Waals surface area contributed by atoms with Crippen molar-refractivity contribution in [3.63, 3.8) is 0 Å². The Morgan fingerprint density at radius 2 is 0.682 bits per heavy atom. The third-order valence-corrected chi connectivity index (χ3v) is 12.8. The van der Waals surface area contributed by atoms with Crippen molar-refractivity contribution in [1.82, 2.24) is 15.0 Å². The van der Waals surface area contributed by atoms with Gasteiger partial charge in [-0.05, 0) is 106 Å². The minimum absolute atomic E-state index is 0.554. The Hall–Kier alpha value is -9.04. The molecule has 0 spiro atoms. The Balaban J connectivity index is 0.958. The molecule has 0 N–H and O–H groups in total. The molecule has 0 fully saturated rings. The Morgan fingerprint density at radius 1 is 0.258 bits per heavy atom. The lowest BCUT2D eigenvalue weighted by Gasteiger charge is -2.16. The molecule has 12 rings (SSSR count). The molecule has 0 bridgehead atoms. The van der Waals surface area contributed by atoms with Crippen LogP contribution in [0.4, 0.5) is 5.69 Å². The van der Waals surface area contributed by atoms with Crippen LogP contribution in [0, 0.1) is 6.57 Å². The van der Waals surface area contributed by atoms with Crippen LogP contribution in [0.15, 0.2) is 231 Å². The topological polar surface area (TPSA) is 43.0 Å². The van der Waals surface area contributed by atoms with E-state index in [1.165, 1.54) is 48.7 Å². The predicted octanol–water partition coefficient (Wildman–Crippen LogP) is 16.7. The van der Waals surface area contributed by atoms with Gasteiger partial charge in [0, 0.05) is 16.7 Å². The first-order valence-electron chi connectivity index (χ1n) is 22.1. The Kier molecular flexibility index (Phi) is 9.51. The van der Waals surface area contributed by atoms with Crippen molar-refractivity contribution in [2.45, 2.75) is 0 Å². The van der Waals surface area contributed by atoms with Gasteiger partial charge in [0.1, 0.15) is 0 Å². The Bertz CT molecular complexity index is 3890. The third-order valence-electron chi connectivity index (χ3n) is 12.8. The highest BCUT2D eigenvalue weighted by molar-refractivity contribution is 6.15. The van der Waals surface area contributed by atoms with Crippen LogP contribution in [-0.4, -0.2) is 15.0 Å². The van der Waals surface area contributed by atoms with Crippen LogP contribution in [0.5, 0.6) is 0 Å². The molecule has 0 saturated carbocycles. The monoisotopic (exact) mass is 838 g/mol. The average Bonchev–Trinajstić information content (AvgIpc) is 3.40. The van der Waals surface area contributed by atoms with Crippen LogP contribution in [0.2, 0.25) is 0 Å². The standard InChI is InChI=1S/C62H38N4/c1-63-59-39-45(35-36-49(59)40-31-33-41(34-32-40)57-37-43-19-5-7-21-46(43)50-24-10-12-26-52(50)57)48-23-9-15-29-55(48)61-64-60(42-17-3-2-4-18-42)65-62(66-61)56-30-16-14-28-54(56)58-38-44-20-6-8-22-47(44)51-25-11-13-27-53(51)58/h2-39H. The second kappa shape index (κ2) is 16.3. The summed E-state index contributed by atoms with van der Waals surface area (Å²) in [5.74, 6) is 1.72. The number of rotatable bonds is 7. The van der Waals surface area contributed by atoms with Gasteiger partial charge in [-0.15, -0.1) is 0 Å². The summed E-state index contributed by atoms with van der Waals surface area (Å²) < 4.78 is 0. The number of hydrogen-bond donors (Lipinski definition) is 0. The van der Waals surface area contributed by atoms with Gasteiger partial charge in [-0.3, -0.25) is 0 Å². The van der Waals surface area contributed by atoms with Crippen LogP contribution in [0.3, 0.4) is 0 Å². The summed E-state index contributed by atoms with van der Waals surface area (Å²) in [7, 11) is 0. The molecule has 0 aliphatic rings. The van der Waals surface area contributed by atoms with E-state index in [1.54, 1.807) is 0 Å². The molecule has 0 radical (unpaired) electrons. The SMILES string of the molecule is [C-]#[N+]c1cc(-c2ccccc2-c2nc(-c3ccccc3)nc(-c3ccccc3-c3cc4ccccc4c4ccccc34)n2)ccc1-c1ccc(-c2cc3ccccc3c3ccccc23)cc1. The quantitative estimate of drug-likeness (QED) is 0.119. The first-order chi connectivity index (χ1) is 32.7. The summed E-state index contributed by atoms with van der Waals surface area (Å²) in [5.41, 5.74) is 11.4. The van der Waals surface area contributed by atoms with Gasteiger partial charge in [0.15, 0.2) is 23.2 Å². The normalized spacial score (nSPS) is 11.3. The molecule has 4 heteroatoms. The molecule has 66 heavy (non-hydrogen) atoms. The van der Waals surface area contributed by atoms with Gasteiger partial charge in [-0.2, -0.15) is 0 Å². The van der Waals surface area contributed by atoms with E-state index in [2.05, 4.69) is 181 Å². The van der Waals surface area contributed by atoms with Crippen molar-refractivity contribution >= 4 is 48.8 Å². The molecule has 11 aromatic carbocycles. The van der Waals surface area contributed by atoms with E-state index < -0.39 is 0 Å². The minimum atomic E-state index is 0.554. The number of nitrogens with zero attached hydrogens (tertiary/aromatic N) is 4. The van der Waals surface area contributed by atoms with E-state index in [4.69, 9.17) is 21.5 Å². The number of aromatic nitrogens is 3. The van der Waals surface area contributed by atoms with Crippen LogP contribution in [0.25, 0.3) is 127 Å². The van der Waals surface area contributed by atoms with Crippen molar-refractivity contribution < 1.29 is 0 Å². The summed E-state index contributed by atoms with van der Waals surface area (Å²) in [6, 6.07) is 80.4. The molecule has 0 aliphatic heterocycles. The van der Waals surface area contributed by atoms with Crippen LogP contribution in [-0.2, 0) is 0 Å². The summed E-state index contributed by atoms with van der Waals surface area (Å²) in [6.07, 6.45) is 0. The fourth-order valence-electron chi connectivity index (χ4n) is 9.61. The molecular weight excluding hydrogens is 801 g/mol. The first-order valence-corrected chi connectivity index (χ1v) is 22.1. The van der Waals surface area contributed by atoms with Crippen LogP contribution >= 0.6 is 0 Å². The Labute approximate surface area is 382 Å². The largest absolute Gasteiger partial charge is 0.237 e. The molecule has 4 nitrogen and oxygen atoms in total. The predicted molar refractivity (Wildman–Crippen MR) is 274 cm³/mol. The van der Waals surface area contributed by atoms with Crippen molar-refractivity contribution in [1.29, 1.82) is 0 Å².